The van der Waals surface area contributed by atoms with Crippen LogP contribution in [0.4, 0.5) is 20.3 Å². The molecule has 5 aromatic rings. The molecule has 234 valence electrons. The molecule has 0 unspecified atom stereocenters. The Labute approximate surface area is 260 Å². The van der Waals surface area contributed by atoms with E-state index < -0.39 is 11.8 Å². The molecule has 46 heavy (non-hydrogen) atoms. The van der Waals surface area contributed by atoms with E-state index >= 15 is 0 Å². The van der Waals surface area contributed by atoms with Crippen LogP contribution in [0.3, 0.4) is 0 Å². The zero-order valence-corrected chi connectivity index (χ0v) is 25.5. The second-order valence-corrected chi connectivity index (χ2v) is 11.3. The summed E-state index contributed by atoms with van der Waals surface area (Å²) in [6, 6.07) is 9.41. The number of alkyl halides is 2. The van der Waals surface area contributed by atoms with Crippen LogP contribution in [-0.4, -0.2) is 40.8 Å². The predicted octanol–water partition coefficient (Wildman–Crippen LogP) is 6.76. The highest BCUT2D eigenvalue weighted by atomic mass is 19.3. The number of nitrogens with one attached hydrogen (secondary N) is 1. The molecular formula is C33H30F2N8O3. The Morgan fingerprint density at radius 3 is 2.61 bits per heavy atom. The van der Waals surface area contributed by atoms with Gasteiger partial charge < -0.3 is 29.2 Å². The number of carbonyl (C=O) groups excluding carboxylic acids is 1. The van der Waals surface area contributed by atoms with Crippen molar-refractivity contribution in [2.45, 2.75) is 39.7 Å². The standard InChI is InChI=1S/C33H30F2N8O3/c1-5-45-25-12-19(30(44)40-26-13-20(8-9-37-26)33(4,34)35)6-7-22(25)27-29-28(38-10-11-41(29)17-39-27)23-16-43-21(14-24(23)36)15-42(18(2)3)31-32(43)46-31/h6-18H,5,36H2,1-4H3,(H,37,40,44). The van der Waals surface area contributed by atoms with Gasteiger partial charge in [-0.15, -0.1) is 0 Å². The molecule has 3 N–H and O–H groups in total. The molecule has 0 bridgehead atoms. The van der Waals surface area contributed by atoms with Crippen molar-refractivity contribution < 1.29 is 22.7 Å². The number of carbonyl (C=O) groups is 1. The number of halogens is 2. The summed E-state index contributed by atoms with van der Waals surface area (Å²) >= 11 is 0. The van der Waals surface area contributed by atoms with Gasteiger partial charge in [0.2, 0.25) is 0 Å². The van der Waals surface area contributed by atoms with Gasteiger partial charge >= 0.3 is 0 Å². The van der Waals surface area contributed by atoms with Crippen molar-refractivity contribution in [1.29, 1.82) is 0 Å². The average Bonchev–Trinajstić information content (AvgIpc) is 3.71. The van der Waals surface area contributed by atoms with E-state index in [0.29, 0.717) is 46.1 Å². The van der Waals surface area contributed by atoms with Crippen molar-refractivity contribution in [2.24, 2.45) is 0 Å². The van der Waals surface area contributed by atoms with Gasteiger partial charge in [0, 0.05) is 71.9 Å². The molecule has 7 rings (SSSR count). The molecule has 0 saturated carbocycles. The van der Waals surface area contributed by atoms with E-state index in [0.717, 1.165) is 29.6 Å². The van der Waals surface area contributed by atoms with Gasteiger partial charge in [-0.05, 0) is 57.2 Å². The van der Waals surface area contributed by atoms with Gasteiger partial charge in [0.1, 0.15) is 29.3 Å². The van der Waals surface area contributed by atoms with Crippen molar-refractivity contribution >= 4 is 28.4 Å². The summed E-state index contributed by atoms with van der Waals surface area (Å²) < 4.78 is 45.3. The summed E-state index contributed by atoms with van der Waals surface area (Å²) in [5.41, 5.74) is 12.7. The monoisotopic (exact) mass is 624 g/mol. The van der Waals surface area contributed by atoms with Crippen LogP contribution in [0.2, 0.25) is 0 Å². The van der Waals surface area contributed by atoms with Crippen LogP contribution in [0.15, 0.2) is 78.1 Å². The molecule has 11 nitrogen and oxygen atoms in total. The van der Waals surface area contributed by atoms with Crippen LogP contribution in [-0.2, 0) is 5.92 Å². The van der Waals surface area contributed by atoms with Crippen molar-refractivity contribution in [1.82, 2.24) is 28.3 Å². The van der Waals surface area contributed by atoms with Gasteiger partial charge in [0.15, 0.2) is 0 Å². The number of fused-ring (bicyclic) bond motifs is 3. The number of imidazole rings is 1. The van der Waals surface area contributed by atoms with Crippen LogP contribution < -0.4 is 15.8 Å². The lowest BCUT2D eigenvalue weighted by Crippen LogP contribution is -2.15. The van der Waals surface area contributed by atoms with E-state index in [4.69, 9.17) is 24.9 Å². The maximum Gasteiger partial charge on any atom is 0.270 e. The lowest BCUT2D eigenvalue weighted by molar-refractivity contribution is 0.0174. The number of hydrogen-bond acceptors (Lipinski definition) is 7. The number of benzene rings is 1. The summed E-state index contributed by atoms with van der Waals surface area (Å²) in [6.45, 7) is 7.11. The molecule has 0 aliphatic carbocycles. The smallest absolute Gasteiger partial charge is 0.270 e. The van der Waals surface area contributed by atoms with Gasteiger partial charge in [0.05, 0.1) is 17.6 Å². The third kappa shape index (κ3) is 4.99. The average molecular weight is 625 g/mol. The first-order chi connectivity index (χ1) is 22.0. The second-order valence-electron chi connectivity index (χ2n) is 11.3. The maximum atomic E-state index is 13.8. The lowest BCUT2D eigenvalue weighted by atomic mass is 10.0. The van der Waals surface area contributed by atoms with Crippen LogP contribution in [0.25, 0.3) is 33.5 Å². The molecule has 13 heteroatoms. The molecule has 0 fully saturated rings. The Bertz CT molecular complexity index is 2330. The van der Waals surface area contributed by atoms with E-state index in [1.54, 1.807) is 36.9 Å². The molecule has 0 radical (unpaired) electrons. The number of anilines is 2. The SMILES string of the molecule is CCOc1cc(C(=O)Nc2cc(C(C)(F)F)ccn2)ccc1-c1ncn2ccnc(-c3cn4c5oc=5n(C(C)C)cc4cc3N)c12. The molecule has 6 heterocycles. The number of pyridine rings is 2. The molecule has 0 spiro atoms. The number of aromatic nitrogens is 6. The topological polar surface area (TPSA) is 130 Å². The van der Waals surface area contributed by atoms with Gasteiger partial charge in [-0.1, -0.05) is 0 Å². The Morgan fingerprint density at radius 1 is 1.04 bits per heavy atom. The number of amides is 1. The fraction of sp³-hybridized carbons (Fsp3) is 0.212. The molecule has 1 aromatic carbocycles. The zero-order valence-electron chi connectivity index (χ0n) is 25.5. The van der Waals surface area contributed by atoms with E-state index in [1.807, 2.05) is 34.2 Å². The summed E-state index contributed by atoms with van der Waals surface area (Å²) in [5.74, 6) is -3.19. The Morgan fingerprint density at radius 2 is 1.85 bits per heavy atom. The molecule has 1 amide bonds. The minimum atomic E-state index is -3.07. The van der Waals surface area contributed by atoms with Gasteiger partial charge in [-0.25, -0.2) is 18.7 Å². The largest absolute Gasteiger partial charge is 0.493 e. The summed E-state index contributed by atoms with van der Waals surface area (Å²) in [6.07, 6.45) is 10.3. The summed E-state index contributed by atoms with van der Waals surface area (Å²) in [5, 5.41) is 2.60. The van der Waals surface area contributed by atoms with Crippen molar-refractivity contribution in [3.05, 3.63) is 95.9 Å². The van der Waals surface area contributed by atoms with E-state index in [-0.39, 0.29) is 23.0 Å². The zero-order chi connectivity index (χ0) is 32.3. The number of hydrogen-bond donors (Lipinski definition) is 2. The van der Waals surface area contributed by atoms with Crippen molar-refractivity contribution in [3.8, 4) is 28.3 Å². The molecule has 2 aliphatic heterocycles. The van der Waals surface area contributed by atoms with Gasteiger partial charge in [-0.2, -0.15) is 0 Å². The highest BCUT2D eigenvalue weighted by Gasteiger charge is 2.25. The highest BCUT2D eigenvalue weighted by Crippen LogP contribution is 2.38. The van der Waals surface area contributed by atoms with Crippen LogP contribution in [0, 0.1) is 11.1 Å². The van der Waals surface area contributed by atoms with Crippen molar-refractivity contribution in [3.63, 3.8) is 0 Å². The Hall–Kier alpha value is -5.72. The molecular weight excluding hydrogens is 594 g/mol. The Balaban J connectivity index is 1.30. The highest BCUT2D eigenvalue weighted by molar-refractivity contribution is 6.05. The predicted molar refractivity (Wildman–Crippen MR) is 168 cm³/mol. The maximum absolute atomic E-state index is 13.8. The van der Waals surface area contributed by atoms with Gasteiger partial charge in [-0.3, -0.25) is 14.2 Å². The first-order valence-corrected chi connectivity index (χ1v) is 14.7. The number of rotatable bonds is 8. The molecule has 0 saturated heterocycles. The first kappa shape index (κ1) is 29.0. The first-order valence-electron chi connectivity index (χ1n) is 14.7. The third-order valence-electron chi connectivity index (χ3n) is 7.78. The normalized spacial score (nSPS) is 12.2. The van der Waals surface area contributed by atoms with E-state index in [9.17, 15) is 13.6 Å². The minimum Gasteiger partial charge on any atom is -0.493 e. The molecule has 2 aliphatic rings. The molecule has 4 aromatic heterocycles. The quantitative estimate of drug-likeness (QED) is 0.191. The fourth-order valence-corrected chi connectivity index (χ4v) is 5.46. The van der Waals surface area contributed by atoms with E-state index in [2.05, 4.69) is 28.7 Å². The van der Waals surface area contributed by atoms with Crippen LogP contribution in [0.5, 0.6) is 5.75 Å². The van der Waals surface area contributed by atoms with Crippen LogP contribution >= 0.6 is 0 Å². The van der Waals surface area contributed by atoms with Crippen LogP contribution in [0.1, 0.15) is 49.7 Å². The molecule has 0 atom stereocenters. The minimum absolute atomic E-state index is 0.0105. The number of nitrogen functional groups attached to an aromatic ring is 1. The third-order valence-corrected chi connectivity index (χ3v) is 7.78. The lowest BCUT2D eigenvalue weighted by Gasteiger charge is -2.14. The van der Waals surface area contributed by atoms with Gasteiger partial charge in [0.25, 0.3) is 22.9 Å². The summed E-state index contributed by atoms with van der Waals surface area (Å²) in [4.78, 5) is 26.6. The van der Waals surface area contributed by atoms with Crippen molar-refractivity contribution in [2.75, 3.05) is 17.7 Å². The Kier molecular flexibility index (Phi) is 6.76. The number of nitrogens with two attached hydrogens (primary N) is 1. The second kappa shape index (κ2) is 10.7. The summed E-state index contributed by atoms with van der Waals surface area (Å²) in [7, 11) is 0. The fourth-order valence-electron chi connectivity index (χ4n) is 5.46. The van der Waals surface area contributed by atoms with E-state index in [1.165, 1.54) is 12.3 Å². The number of nitrogens with zero attached hydrogens (tertiary/aromatic N) is 6. The number of ether oxygens (including phenoxy) is 1.